The molecule has 2 heterocycles. The molecule has 24 heavy (non-hydrogen) atoms. The highest BCUT2D eigenvalue weighted by Gasteiger charge is 2.25. The van der Waals surface area contributed by atoms with Crippen molar-refractivity contribution in [2.24, 2.45) is 0 Å². The van der Waals surface area contributed by atoms with Crippen LogP contribution in [0.2, 0.25) is 0 Å². The van der Waals surface area contributed by atoms with Gasteiger partial charge in [-0.15, -0.1) is 0 Å². The summed E-state index contributed by atoms with van der Waals surface area (Å²) in [6.07, 6.45) is 6.13. The van der Waals surface area contributed by atoms with Crippen LogP contribution in [0, 0.1) is 10.1 Å². The highest BCUT2D eigenvalue weighted by atomic mass is 16.6. The van der Waals surface area contributed by atoms with E-state index in [0.29, 0.717) is 37.4 Å². The first-order chi connectivity index (χ1) is 11.6. The SMILES string of the molecule is O=C(c1ccc([N+](=O)[O-])cc1)N1CCC(Oc2cnccn2)CC1. The Bertz CT molecular complexity index is 713. The van der Waals surface area contributed by atoms with Gasteiger partial charge in [0, 0.05) is 56.0 Å². The number of carbonyl (C=O) groups is 1. The van der Waals surface area contributed by atoms with Gasteiger partial charge in [-0.05, 0) is 12.1 Å². The topological polar surface area (TPSA) is 98.5 Å². The van der Waals surface area contributed by atoms with Gasteiger partial charge in [-0.1, -0.05) is 0 Å². The van der Waals surface area contributed by atoms with Crippen molar-refractivity contribution in [1.29, 1.82) is 0 Å². The molecular formula is C16H16N4O4. The quantitative estimate of drug-likeness (QED) is 0.629. The first-order valence-electron chi connectivity index (χ1n) is 7.60. The number of amides is 1. The molecule has 8 heteroatoms. The smallest absolute Gasteiger partial charge is 0.269 e. The van der Waals surface area contributed by atoms with Crippen LogP contribution in [-0.4, -0.2) is 44.9 Å². The van der Waals surface area contributed by atoms with Crippen molar-refractivity contribution in [2.45, 2.75) is 18.9 Å². The molecule has 3 rings (SSSR count). The molecule has 0 aliphatic carbocycles. The van der Waals surface area contributed by atoms with E-state index in [9.17, 15) is 14.9 Å². The molecule has 1 aromatic heterocycles. The van der Waals surface area contributed by atoms with Crippen LogP contribution >= 0.6 is 0 Å². The van der Waals surface area contributed by atoms with Gasteiger partial charge < -0.3 is 9.64 Å². The van der Waals surface area contributed by atoms with Crippen LogP contribution in [0.3, 0.4) is 0 Å². The minimum absolute atomic E-state index is 0.00242. The zero-order valence-corrected chi connectivity index (χ0v) is 12.9. The number of aromatic nitrogens is 2. The highest BCUT2D eigenvalue weighted by Crippen LogP contribution is 2.19. The minimum Gasteiger partial charge on any atom is -0.473 e. The van der Waals surface area contributed by atoms with Crippen LogP contribution in [0.4, 0.5) is 5.69 Å². The standard InChI is InChI=1S/C16H16N4O4/c21-16(12-1-3-13(4-2-12)20(22)23)19-9-5-14(6-10-19)24-15-11-17-7-8-18-15/h1-4,7-8,11,14H,5-6,9-10H2. The van der Waals surface area contributed by atoms with Crippen molar-refractivity contribution < 1.29 is 14.5 Å². The van der Waals surface area contributed by atoms with E-state index in [1.807, 2.05) is 0 Å². The molecule has 0 radical (unpaired) electrons. The zero-order valence-electron chi connectivity index (χ0n) is 12.9. The number of nitro groups is 1. The average molecular weight is 328 g/mol. The lowest BCUT2D eigenvalue weighted by atomic mass is 10.1. The van der Waals surface area contributed by atoms with Crippen LogP contribution in [0.5, 0.6) is 5.88 Å². The fourth-order valence-electron chi connectivity index (χ4n) is 2.60. The number of hydrogen-bond acceptors (Lipinski definition) is 6. The van der Waals surface area contributed by atoms with Crippen molar-refractivity contribution in [2.75, 3.05) is 13.1 Å². The van der Waals surface area contributed by atoms with Gasteiger partial charge in [-0.2, -0.15) is 0 Å². The summed E-state index contributed by atoms with van der Waals surface area (Å²) < 4.78 is 5.74. The van der Waals surface area contributed by atoms with E-state index in [-0.39, 0.29) is 17.7 Å². The molecule has 0 N–H and O–H groups in total. The van der Waals surface area contributed by atoms with Gasteiger partial charge in [0.15, 0.2) is 0 Å². The number of nitro benzene ring substituents is 1. The van der Waals surface area contributed by atoms with E-state index in [1.54, 1.807) is 23.5 Å². The molecule has 0 atom stereocenters. The minimum atomic E-state index is -0.483. The third-order valence-corrected chi connectivity index (χ3v) is 3.88. The van der Waals surface area contributed by atoms with Crippen LogP contribution in [0.1, 0.15) is 23.2 Å². The maximum absolute atomic E-state index is 12.4. The highest BCUT2D eigenvalue weighted by molar-refractivity contribution is 5.94. The lowest BCUT2D eigenvalue weighted by Crippen LogP contribution is -2.41. The fraction of sp³-hybridized carbons (Fsp3) is 0.312. The number of ether oxygens (including phenoxy) is 1. The van der Waals surface area contributed by atoms with Crippen LogP contribution in [0.15, 0.2) is 42.9 Å². The monoisotopic (exact) mass is 328 g/mol. The van der Waals surface area contributed by atoms with Gasteiger partial charge in [-0.3, -0.25) is 19.9 Å². The predicted octanol–water partition coefficient (Wildman–Crippen LogP) is 2.07. The maximum atomic E-state index is 12.4. The number of benzene rings is 1. The molecule has 124 valence electrons. The molecule has 1 saturated heterocycles. The number of likely N-dealkylation sites (tertiary alicyclic amines) is 1. The van der Waals surface area contributed by atoms with Crippen molar-refractivity contribution >= 4 is 11.6 Å². The molecule has 1 aliphatic heterocycles. The van der Waals surface area contributed by atoms with E-state index < -0.39 is 4.92 Å². The van der Waals surface area contributed by atoms with Gasteiger partial charge in [0.1, 0.15) is 6.10 Å². The Morgan fingerprint density at radius 2 is 1.92 bits per heavy atom. The molecule has 2 aromatic rings. The van der Waals surface area contributed by atoms with E-state index in [4.69, 9.17) is 4.74 Å². The third-order valence-electron chi connectivity index (χ3n) is 3.88. The number of piperidine rings is 1. The largest absolute Gasteiger partial charge is 0.473 e. The summed E-state index contributed by atoms with van der Waals surface area (Å²) >= 11 is 0. The number of non-ortho nitro benzene ring substituents is 1. The van der Waals surface area contributed by atoms with Crippen molar-refractivity contribution in [3.63, 3.8) is 0 Å². The molecule has 1 amide bonds. The van der Waals surface area contributed by atoms with E-state index in [1.165, 1.54) is 24.3 Å². The Labute approximate surface area is 138 Å². The summed E-state index contributed by atoms with van der Waals surface area (Å²) in [5.41, 5.74) is 0.427. The number of hydrogen-bond donors (Lipinski definition) is 0. The summed E-state index contributed by atoms with van der Waals surface area (Å²) in [5, 5.41) is 10.7. The Kier molecular flexibility index (Phi) is 4.64. The fourth-order valence-corrected chi connectivity index (χ4v) is 2.60. The Morgan fingerprint density at radius 3 is 2.50 bits per heavy atom. The van der Waals surface area contributed by atoms with Crippen LogP contribution in [0.25, 0.3) is 0 Å². The second kappa shape index (κ2) is 7.03. The summed E-state index contributed by atoms with van der Waals surface area (Å²) in [6.45, 7) is 1.14. The first-order valence-corrected chi connectivity index (χ1v) is 7.60. The third kappa shape index (κ3) is 3.65. The Hall–Kier alpha value is -3.03. The normalized spacial score (nSPS) is 15.1. The number of rotatable bonds is 4. The number of nitrogens with zero attached hydrogens (tertiary/aromatic N) is 4. The summed E-state index contributed by atoms with van der Waals surface area (Å²) in [5.74, 6) is 0.362. The van der Waals surface area contributed by atoms with Crippen LogP contribution < -0.4 is 4.74 Å². The average Bonchev–Trinajstić information content (AvgIpc) is 2.63. The van der Waals surface area contributed by atoms with Crippen molar-refractivity contribution in [1.82, 2.24) is 14.9 Å². The number of carbonyl (C=O) groups excluding carboxylic acids is 1. The van der Waals surface area contributed by atoms with Crippen molar-refractivity contribution in [3.05, 3.63) is 58.5 Å². The molecule has 1 fully saturated rings. The molecular weight excluding hydrogens is 312 g/mol. The molecule has 0 bridgehead atoms. The van der Waals surface area contributed by atoms with Gasteiger partial charge >= 0.3 is 0 Å². The summed E-state index contributed by atoms with van der Waals surface area (Å²) in [4.78, 5) is 32.4. The molecule has 0 spiro atoms. The Balaban J connectivity index is 1.56. The van der Waals surface area contributed by atoms with Crippen molar-refractivity contribution in [3.8, 4) is 5.88 Å². The predicted molar refractivity (Wildman–Crippen MR) is 84.7 cm³/mol. The van der Waals surface area contributed by atoms with E-state index >= 15 is 0 Å². The van der Waals surface area contributed by atoms with Gasteiger partial charge in [-0.25, -0.2) is 4.98 Å². The summed E-state index contributed by atoms with van der Waals surface area (Å²) in [7, 11) is 0. The van der Waals surface area contributed by atoms with Gasteiger partial charge in [0.05, 0.1) is 11.1 Å². The van der Waals surface area contributed by atoms with Crippen LogP contribution in [-0.2, 0) is 0 Å². The molecule has 0 unspecified atom stereocenters. The maximum Gasteiger partial charge on any atom is 0.269 e. The van der Waals surface area contributed by atoms with E-state index in [0.717, 1.165) is 0 Å². The lowest BCUT2D eigenvalue weighted by Gasteiger charge is -2.31. The second-order valence-corrected chi connectivity index (χ2v) is 5.46. The Morgan fingerprint density at radius 1 is 1.21 bits per heavy atom. The zero-order chi connectivity index (χ0) is 16.9. The second-order valence-electron chi connectivity index (χ2n) is 5.46. The lowest BCUT2D eigenvalue weighted by molar-refractivity contribution is -0.384. The first kappa shape index (κ1) is 15.9. The molecule has 1 aliphatic rings. The molecule has 8 nitrogen and oxygen atoms in total. The van der Waals surface area contributed by atoms with Gasteiger partial charge in [0.25, 0.3) is 11.6 Å². The van der Waals surface area contributed by atoms with E-state index in [2.05, 4.69) is 9.97 Å². The summed E-state index contributed by atoms with van der Waals surface area (Å²) in [6, 6.07) is 5.67. The molecule has 1 aromatic carbocycles. The molecule has 0 saturated carbocycles. The van der Waals surface area contributed by atoms with Gasteiger partial charge in [0.2, 0.25) is 5.88 Å².